The summed E-state index contributed by atoms with van der Waals surface area (Å²) in [5, 5.41) is 2.80. The maximum atomic E-state index is 13.8. The summed E-state index contributed by atoms with van der Waals surface area (Å²) >= 11 is 0. The summed E-state index contributed by atoms with van der Waals surface area (Å²) in [4.78, 5) is 40.6. The maximum Gasteiger partial charge on any atom is 0.408 e. The lowest BCUT2D eigenvalue weighted by molar-refractivity contribution is -0.141. The van der Waals surface area contributed by atoms with E-state index in [1.54, 1.807) is 32.6 Å². The van der Waals surface area contributed by atoms with Gasteiger partial charge in [0.15, 0.2) is 5.78 Å². The molecule has 2 amide bonds. The highest BCUT2D eigenvalue weighted by atomic mass is 16.6. The second-order valence-corrected chi connectivity index (χ2v) is 12.4. The molecule has 2 spiro atoms. The second kappa shape index (κ2) is 6.70. The van der Waals surface area contributed by atoms with E-state index in [4.69, 9.17) is 4.74 Å². The van der Waals surface area contributed by atoms with Gasteiger partial charge in [-0.05, 0) is 63.2 Å². The number of rotatable bonds is 3. The molecular formula is C24H42N2O4. The van der Waals surface area contributed by atoms with Crippen LogP contribution in [-0.4, -0.2) is 46.9 Å². The number of likely N-dealkylation sites (tertiary alicyclic amines) is 1. The fraction of sp³-hybridized carbons (Fsp3) is 0.875. The minimum atomic E-state index is -0.761. The van der Waals surface area contributed by atoms with Crippen LogP contribution >= 0.6 is 0 Å². The van der Waals surface area contributed by atoms with Crippen molar-refractivity contribution in [3.8, 4) is 0 Å². The van der Waals surface area contributed by atoms with E-state index in [1.807, 2.05) is 20.8 Å². The van der Waals surface area contributed by atoms with Crippen LogP contribution in [0.15, 0.2) is 0 Å². The number of Topliss-reactive ketones (excluding diaryl/α,β-unsaturated/α-hetero) is 1. The minimum absolute atomic E-state index is 0. The summed E-state index contributed by atoms with van der Waals surface area (Å²) in [6, 6.07) is -1.18. The normalized spacial score (nSPS) is 30.0. The first-order valence-corrected chi connectivity index (χ1v) is 11.3. The molecule has 1 aliphatic heterocycles. The Morgan fingerprint density at radius 3 is 2.00 bits per heavy atom. The Bertz CT molecular complexity index is 761. The van der Waals surface area contributed by atoms with E-state index >= 15 is 0 Å². The zero-order chi connectivity index (χ0) is 22.9. The molecule has 1 heterocycles. The van der Waals surface area contributed by atoms with Crippen LogP contribution in [0.5, 0.6) is 0 Å². The van der Waals surface area contributed by atoms with Crippen molar-refractivity contribution in [3.63, 3.8) is 0 Å². The lowest BCUT2D eigenvalue weighted by atomic mass is 9.73. The molecule has 30 heavy (non-hydrogen) atoms. The van der Waals surface area contributed by atoms with Gasteiger partial charge in [-0.3, -0.25) is 9.59 Å². The van der Waals surface area contributed by atoms with Crippen molar-refractivity contribution in [2.24, 2.45) is 21.7 Å². The van der Waals surface area contributed by atoms with Gasteiger partial charge >= 0.3 is 6.09 Å². The van der Waals surface area contributed by atoms with Crippen molar-refractivity contribution in [3.05, 3.63) is 0 Å². The Hall–Kier alpha value is -1.59. The Morgan fingerprint density at radius 2 is 1.63 bits per heavy atom. The highest BCUT2D eigenvalue weighted by Crippen LogP contribution is 2.88. The highest BCUT2D eigenvalue weighted by molar-refractivity contribution is 5.92. The molecule has 0 aromatic rings. The topological polar surface area (TPSA) is 75.7 Å². The standard InChI is InChI=1S/C24H40N2O4.H2/c1-15(27)16-13-24(22(8,9)23(24)11-10-12-23)14-26(16)18(28)17(20(2,3)4)25-19(29)30-21(5,6)7;/h16-17H,10-14H2,1-9H3,(H,25,29);1H/t16-,17+,24+;/m0./s1. The van der Waals surface area contributed by atoms with Gasteiger partial charge in [0, 0.05) is 13.4 Å². The van der Waals surface area contributed by atoms with E-state index in [1.165, 1.54) is 19.3 Å². The predicted molar refractivity (Wildman–Crippen MR) is 118 cm³/mol. The van der Waals surface area contributed by atoms with Crippen molar-refractivity contribution in [1.29, 1.82) is 0 Å². The zero-order valence-corrected chi connectivity index (χ0v) is 20.3. The van der Waals surface area contributed by atoms with Crippen LogP contribution in [0.4, 0.5) is 4.79 Å². The number of amides is 2. The summed E-state index contributed by atoms with van der Waals surface area (Å²) in [6.07, 6.45) is 3.74. The SMILES string of the molecule is CC(=O)[C@@H]1C[C@@]2(CN1C(=O)[C@@H](NC(=O)OC(C)(C)C)C(C)(C)C)C(C)(C)C21CCC1.[HH]. The average molecular weight is 423 g/mol. The fourth-order valence-electron chi connectivity index (χ4n) is 6.43. The lowest BCUT2D eigenvalue weighted by Crippen LogP contribution is -2.57. The third kappa shape index (κ3) is 3.25. The zero-order valence-electron chi connectivity index (χ0n) is 20.3. The van der Waals surface area contributed by atoms with Crippen LogP contribution < -0.4 is 5.32 Å². The van der Waals surface area contributed by atoms with Crippen molar-refractivity contribution in [1.82, 2.24) is 10.2 Å². The van der Waals surface area contributed by atoms with E-state index in [2.05, 4.69) is 19.2 Å². The number of ketones is 1. The molecule has 0 aromatic heterocycles. The maximum absolute atomic E-state index is 13.8. The molecule has 6 nitrogen and oxygen atoms in total. The van der Waals surface area contributed by atoms with Gasteiger partial charge in [-0.2, -0.15) is 0 Å². The summed E-state index contributed by atoms with van der Waals surface area (Å²) in [5.74, 6) is -0.148. The molecule has 0 unspecified atom stereocenters. The number of carbonyl (C=O) groups is 3. The molecule has 3 atom stereocenters. The number of nitrogens with zero attached hydrogens (tertiary/aromatic N) is 1. The Kier molecular flexibility index (Phi) is 5.16. The molecule has 1 saturated heterocycles. The number of alkyl carbamates (subject to hydrolysis) is 1. The average Bonchev–Trinajstić information content (AvgIpc) is 2.78. The van der Waals surface area contributed by atoms with Gasteiger partial charge in [0.05, 0.1) is 6.04 Å². The first-order chi connectivity index (χ1) is 13.5. The van der Waals surface area contributed by atoms with Gasteiger partial charge in [-0.25, -0.2) is 4.79 Å². The van der Waals surface area contributed by atoms with Crippen LogP contribution in [0.2, 0.25) is 0 Å². The molecule has 3 rings (SSSR count). The predicted octanol–water partition coefficient (Wildman–Crippen LogP) is 4.56. The van der Waals surface area contributed by atoms with Crippen LogP contribution in [0.25, 0.3) is 0 Å². The van der Waals surface area contributed by atoms with E-state index in [-0.39, 0.29) is 29.4 Å². The third-order valence-electron chi connectivity index (χ3n) is 8.34. The van der Waals surface area contributed by atoms with E-state index in [0.717, 1.165) is 6.42 Å². The van der Waals surface area contributed by atoms with Crippen LogP contribution in [0.3, 0.4) is 0 Å². The molecule has 3 aliphatic rings. The summed E-state index contributed by atoms with van der Waals surface area (Å²) in [6.45, 7) is 18.0. The molecule has 1 N–H and O–H groups in total. The van der Waals surface area contributed by atoms with Gasteiger partial charge in [0.1, 0.15) is 11.6 Å². The Morgan fingerprint density at radius 1 is 1.07 bits per heavy atom. The molecule has 6 heteroatoms. The first kappa shape index (κ1) is 23.1. The fourth-order valence-corrected chi connectivity index (χ4v) is 6.43. The van der Waals surface area contributed by atoms with Crippen molar-refractivity contribution < 1.29 is 20.5 Å². The van der Waals surface area contributed by atoms with Crippen molar-refractivity contribution in [2.45, 2.75) is 106 Å². The highest BCUT2D eigenvalue weighted by Gasteiger charge is 2.85. The van der Waals surface area contributed by atoms with Gasteiger partial charge in [0.2, 0.25) is 5.91 Å². The monoisotopic (exact) mass is 422 g/mol. The van der Waals surface area contributed by atoms with Gasteiger partial charge < -0.3 is 15.0 Å². The number of hydrogen-bond acceptors (Lipinski definition) is 4. The molecule has 2 saturated carbocycles. The van der Waals surface area contributed by atoms with Gasteiger partial charge in [-0.15, -0.1) is 0 Å². The summed E-state index contributed by atoms with van der Waals surface area (Å²) < 4.78 is 5.41. The molecule has 0 radical (unpaired) electrons. The Balaban J connectivity index is 0.00000341. The Labute approximate surface area is 183 Å². The van der Waals surface area contributed by atoms with Crippen molar-refractivity contribution in [2.75, 3.05) is 6.54 Å². The van der Waals surface area contributed by atoms with E-state index in [9.17, 15) is 14.4 Å². The third-order valence-corrected chi connectivity index (χ3v) is 8.34. The van der Waals surface area contributed by atoms with E-state index in [0.29, 0.717) is 6.54 Å². The minimum Gasteiger partial charge on any atom is -0.444 e. The first-order valence-electron chi connectivity index (χ1n) is 11.3. The molecule has 3 fully saturated rings. The quantitative estimate of drug-likeness (QED) is 0.723. The smallest absolute Gasteiger partial charge is 0.408 e. The summed E-state index contributed by atoms with van der Waals surface area (Å²) in [5.41, 5.74) is -0.754. The number of carbonyl (C=O) groups excluding carboxylic acids is 3. The molecular weight excluding hydrogens is 380 g/mol. The second-order valence-electron chi connectivity index (χ2n) is 12.4. The van der Waals surface area contributed by atoms with Gasteiger partial charge in [0.25, 0.3) is 0 Å². The molecule has 172 valence electrons. The largest absolute Gasteiger partial charge is 0.444 e. The lowest BCUT2D eigenvalue weighted by Gasteiger charge is -2.36. The number of hydrogen-bond donors (Lipinski definition) is 1. The van der Waals surface area contributed by atoms with Crippen molar-refractivity contribution >= 4 is 17.8 Å². The van der Waals surface area contributed by atoms with Gasteiger partial charge in [-0.1, -0.05) is 41.0 Å². The van der Waals surface area contributed by atoms with Crippen LogP contribution in [0.1, 0.15) is 89.4 Å². The van der Waals surface area contributed by atoms with Crippen LogP contribution in [0, 0.1) is 21.7 Å². The van der Waals surface area contributed by atoms with Crippen LogP contribution in [-0.2, 0) is 14.3 Å². The number of nitrogens with one attached hydrogen (secondary N) is 1. The van der Waals surface area contributed by atoms with E-state index < -0.39 is 29.2 Å². The molecule has 0 aromatic carbocycles. The molecule has 0 bridgehead atoms. The number of fused-ring (bicyclic) bond motifs is 1. The summed E-state index contributed by atoms with van der Waals surface area (Å²) in [7, 11) is 0. The molecule has 2 aliphatic carbocycles. The number of ether oxygens (including phenoxy) is 1.